The van der Waals surface area contributed by atoms with Gasteiger partial charge in [0, 0.05) is 47.4 Å². The van der Waals surface area contributed by atoms with Crippen LogP contribution in [-0.2, 0) is 0 Å². The maximum Gasteiger partial charge on any atom is 0.376 e. The molecule has 0 amide bonds. The molecular formula is C19H19BBrCl2N3O. The van der Waals surface area contributed by atoms with Crippen molar-refractivity contribution in [1.82, 2.24) is 14.7 Å². The Hall–Kier alpha value is -0.885. The molecule has 0 spiro atoms. The highest BCUT2D eigenvalue weighted by atomic mass is 79.9. The molecule has 2 heterocycles. The zero-order valence-electron chi connectivity index (χ0n) is 14.9. The van der Waals surface area contributed by atoms with Crippen LogP contribution in [0.15, 0.2) is 30.5 Å². The highest BCUT2D eigenvalue weighted by Crippen LogP contribution is 2.42. The lowest BCUT2D eigenvalue weighted by Crippen LogP contribution is -2.52. The lowest BCUT2D eigenvalue weighted by atomic mass is 9.84. The van der Waals surface area contributed by atoms with E-state index in [9.17, 15) is 5.02 Å². The van der Waals surface area contributed by atoms with Gasteiger partial charge < -0.3 is 9.83 Å². The number of piperazine rings is 1. The van der Waals surface area contributed by atoms with Crippen LogP contribution >= 0.6 is 39.1 Å². The quantitative estimate of drug-likeness (QED) is 0.665. The Kier molecular flexibility index (Phi) is 5.65. The van der Waals surface area contributed by atoms with E-state index >= 15 is 0 Å². The Labute approximate surface area is 178 Å². The molecule has 2 aliphatic rings. The van der Waals surface area contributed by atoms with Gasteiger partial charge >= 0.3 is 7.05 Å². The van der Waals surface area contributed by atoms with Gasteiger partial charge in [-0.25, -0.2) is 0 Å². The van der Waals surface area contributed by atoms with Gasteiger partial charge in [0.05, 0.1) is 16.8 Å². The number of halogens is 3. The van der Waals surface area contributed by atoms with E-state index in [1.807, 2.05) is 25.0 Å². The molecule has 4 nitrogen and oxygen atoms in total. The average Bonchev–Trinajstić information content (AvgIpc) is 2.75. The topological polar surface area (TPSA) is 39.6 Å². The summed E-state index contributed by atoms with van der Waals surface area (Å²) in [6.45, 7) is 5.14. The summed E-state index contributed by atoms with van der Waals surface area (Å²) in [4.78, 5) is 9.22. The Morgan fingerprint density at radius 2 is 1.89 bits per heavy atom. The molecule has 0 saturated carbocycles. The molecule has 8 heteroatoms. The van der Waals surface area contributed by atoms with E-state index in [-0.39, 0.29) is 6.04 Å². The predicted molar refractivity (Wildman–Crippen MR) is 116 cm³/mol. The molecule has 4 rings (SSSR count). The molecular weight excluding hydrogens is 448 g/mol. The molecule has 1 aromatic heterocycles. The van der Waals surface area contributed by atoms with Crippen molar-refractivity contribution in [2.45, 2.75) is 12.9 Å². The van der Waals surface area contributed by atoms with Crippen molar-refractivity contribution in [3.05, 3.63) is 62.9 Å². The summed E-state index contributed by atoms with van der Waals surface area (Å²) in [5, 5.41) is 11.2. The highest BCUT2D eigenvalue weighted by Gasteiger charge is 2.33. The predicted octanol–water partition coefficient (Wildman–Crippen LogP) is 4.41. The SMILES string of the molecule is CB(O)N1CCN(C2c3ccc(Cl)cc3C(Br)=Cc3cc(Cl)cnc32)CC1. The second-order valence-corrected chi connectivity index (χ2v) is 8.69. The molecule has 1 fully saturated rings. The van der Waals surface area contributed by atoms with Gasteiger partial charge in [-0.3, -0.25) is 9.88 Å². The summed E-state index contributed by atoms with van der Waals surface area (Å²) in [5.74, 6) is 0. The first kappa shape index (κ1) is 19.4. The summed E-state index contributed by atoms with van der Waals surface area (Å²) in [7, 11) is -0.424. The van der Waals surface area contributed by atoms with E-state index in [1.165, 1.54) is 5.56 Å². The van der Waals surface area contributed by atoms with Crippen molar-refractivity contribution < 1.29 is 5.02 Å². The third kappa shape index (κ3) is 3.84. The van der Waals surface area contributed by atoms with Crippen LogP contribution in [0.2, 0.25) is 16.9 Å². The van der Waals surface area contributed by atoms with Crippen LogP contribution in [0.4, 0.5) is 0 Å². The highest BCUT2D eigenvalue weighted by molar-refractivity contribution is 9.15. The summed E-state index contributed by atoms with van der Waals surface area (Å²) in [6, 6.07) is 7.97. The van der Waals surface area contributed by atoms with E-state index in [0.717, 1.165) is 47.5 Å². The number of fused-ring (bicyclic) bond motifs is 2. The summed E-state index contributed by atoms with van der Waals surface area (Å²) in [6.07, 6.45) is 3.78. The smallest absolute Gasteiger partial charge is 0.376 e. The van der Waals surface area contributed by atoms with Gasteiger partial charge in [0.2, 0.25) is 0 Å². The number of aromatic nitrogens is 1. The molecule has 1 aliphatic carbocycles. The first-order valence-electron chi connectivity index (χ1n) is 8.92. The van der Waals surface area contributed by atoms with Crippen LogP contribution in [0.3, 0.4) is 0 Å². The first-order chi connectivity index (χ1) is 12.9. The van der Waals surface area contributed by atoms with Gasteiger partial charge in [-0.15, -0.1) is 0 Å². The normalized spacial score (nSPS) is 20.5. The second-order valence-electron chi connectivity index (χ2n) is 6.96. The van der Waals surface area contributed by atoms with Crippen molar-refractivity contribution in [1.29, 1.82) is 0 Å². The number of rotatable bonds is 2. The van der Waals surface area contributed by atoms with E-state index in [1.54, 1.807) is 6.20 Å². The van der Waals surface area contributed by atoms with Gasteiger partial charge in [0.1, 0.15) is 0 Å². The minimum absolute atomic E-state index is 0.00647. The third-order valence-electron chi connectivity index (χ3n) is 5.27. The van der Waals surface area contributed by atoms with Crippen molar-refractivity contribution in [2.75, 3.05) is 26.2 Å². The summed E-state index contributed by atoms with van der Waals surface area (Å²) < 4.78 is 0.968. The molecule has 1 unspecified atom stereocenters. The van der Waals surface area contributed by atoms with Gasteiger partial charge in [0.25, 0.3) is 0 Å². The van der Waals surface area contributed by atoms with Crippen molar-refractivity contribution in [2.24, 2.45) is 0 Å². The molecule has 2 aromatic rings. The van der Waals surface area contributed by atoms with E-state index in [0.29, 0.717) is 10.0 Å². The molecule has 1 aromatic carbocycles. The standard InChI is InChI=1S/C19H19BBrCl2N3O/c1-20(27)26-6-4-25(5-7-26)19-15-3-2-13(22)10-16(15)17(21)9-12-8-14(23)11-24-18(12)19/h2-3,8-11,19,27H,4-7H2,1H3. The number of nitrogens with zero attached hydrogens (tertiary/aromatic N) is 3. The van der Waals surface area contributed by atoms with Gasteiger partial charge in [-0.05, 0) is 42.2 Å². The molecule has 1 N–H and O–H groups in total. The van der Waals surface area contributed by atoms with Crippen LogP contribution in [0, 0.1) is 0 Å². The minimum atomic E-state index is -0.424. The van der Waals surface area contributed by atoms with Crippen molar-refractivity contribution in [3.8, 4) is 0 Å². The Balaban J connectivity index is 1.81. The molecule has 0 bridgehead atoms. The third-order valence-corrected chi connectivity index (χ3v) is 6.36. The van der Waals surface area contributed by atoms with Crippen LogP contribution in [-0.4, -0.2) is 52.9 Å². The lowest BCUT2D eigenvalue weighted by molar-refractivity contribution is 0.144. The average molecular weight is 467 g/mol. The van der Waals surface area contributed by atoms with E-state index in [4.69, 9.17) is 28.2 Å². The molecule has 1 atom stereocenters. The van der Waals surface area contributed by atoms with Gasteiger partial charge in [-0.2, -0.15) is 0 Å². The monoisotopic (exact) mass is 465 g/mol. The lowest BCUT2D eigenvalue weighted by Gasteiger charge is -2.40. The van der Waals surface area contributed by atoms with Crippen LogP contribution < -0.4 is 0 Å². The fourth-order valence-corrected chi connectivity index (χ4v) is 4.81. The zero-order valence-corrected chi connectivity index (χ0v) is 18.0. The summed E-state index contributed by atoms with van der Waals surface area (Å²) >= 11 is 16.2. The van der Waals surface area contributed by atoms with Gasteiger partial charge in [-0.1, -0.05) is 45.2 Å². The Bertz CT molecular complexity index is 901. The fourth-order valence-electron chi connectivity index (χ4n) is 3.88. The van der Waals surface area contributed by atoms with E-state index in [2.05, 4.69) is 37.8 Å². The maximum atomic E-state index is 9.88. The summed E-state index contributed by atoms with van der Waals surface area (Å²) in [5.41, 5.74) is 4.23. The first-order valence-corrected chi connectivity index (χ1v) is 10.5. The van der Waals surface area contributed by atoms with Crippen LogP contribution in [0.25, 0.3) is 10.6 Å². The molecule has 1 aliphatic heterocycles. The van der Waals surface area contributed by atoms with Gasteiger partial charge in [0.15, 0.2) is 0 Å². The number of benzene rings is 1. The van der Waals surface area contributed by atoms with Crippen LogP contribution in [0.1, 0.15) is 28.4 Å². The molecule has 0 radical (unpaired) electrons. The molecule has 27 heavy (non-hydrogen) atoms. The zero-order chi connectivity index (χ0) is 19.1. The Morgan fingerprint density at radius 1 is 1.15 bits per heavy atom. The largest absolute Gasteiger partial charge is 0.437 e. The van der Waals surface area contributed by atoms with Crippen LogP contribution in [0.5, 0.6) is 0 Å². The van der Waals surface area contributed by atoms with E-state index < -0.39 is 7.05 Å². The number of hydrogen-bond donors (Lipinski definition) is 1. The molecule has 140 valence electrons. The second kappa shape index (κ2) is 7.86. The molecule has 1 saturated heterocycles. The maximum absolute atomic E-state index is 9.88. The Morgan fingerprint density at radius 3 is 2.59 bits per heavy atom. The van der Waals surface area contributed by atoms with Crippen molar-refractivity contribution >= 4 is 56.7 Å². The fraction of sp³-hybridized carbons (Fsp3) is 0.316. The number of pyridine rings is 1. The minimum Gasteiger partial charge on any atom is -0.437 e. The number of hydrogen-bond acceptors (Lipinski definition) is 4. The van der Waals surface area contributed by atoms with Crippen molar-refractivity contribution in [3.63, 3.8) is 0 Å².